The van der Waals surface area contributed by atoms with E-state index in [1.807, 2.05) is 0 Å². The van der Waals surface area contributed by atoms with E-state index < -0.39 is 29.4 Å². The van der Waals surface area contributed by atoms with E-state index in [1.54, 1.807) is 38.1 Å². The Hall–Kier alpha value is -3.14. The molecule has 0 aliphatic heterocycles. The highest BCUT2D eigenvalue weighted by Crippen LogP contribution is 2.25. The summed E-state index contributed by atoms with van der Waals surface area (Å²) in [5.74, 6) is -1.74. The number of esters is 2. The summed E-state index contributed by atoms with van der Waals surface area (Å²) in [4.78, 5) is 61.1. The second-order valence-corrected chi connectivity index (χ2v) is 13.8. The molecule has 0 aliphatic rings. The summed E-state index contributed by atoms with van der Waals surface area (Å²) in [7, 11) is 0. The third kappa shape index (κ3) is 21.4. The second-order valence-electron chi connectivity index (χ2n) is 12.7. The molecule has 47 heavy (non-hydrogen) atoms. The van der Waals surface area contributed by atoms with Crippen molar-refractivity contribution in [2.75, 3.05) is 18.5 Å². The zero-order valence-corrected chi connectivity index (χ0v) is 30.1. The molecule has 9 nitrogen and oxygen atoms in total. The highest BCUT2D eigenvalue weighted by atomic mass is 32.2. The average molecular weight is 675 g/mol. The van der Waals surface area contributed by atoms with E-state index in [0.717, 1.165) is 42.3 Å². The Morgan fingerprint density at radius 2 is 1.36 bits per heavy atom. The molecule has 0 bridgehead atoms. The molecule has 1 aromatic rings. The van der Waals surface area contributed by atoms with Gasteiger partial charge in [0.2, 0.25) is 5.91 Å². The summed E-state index contributed by atoms with van der Waals surface area (Å²) in [5.41, 5.74) is -0.291. The first-order valence-electron chi connectivity index (χ1n) is 17.3. The van der Waals surface area contributed by atoms with Gasteiger partial charge in [0.05, 0.1) is 0 Å². The van der Waals surface area contributed by atoms with Crippen molar-refractivity contribution < 1.29 is 33.4 Å². The number of rotatable bonds is 25. The fraction of sp³-hybridized carbons (Fsp3) is 0.649. The lowest BCUT2D eigenvalue weighted by Gasteiger charge is -2.31. The van der Waals surface area contributed by atoms with Gasteiger partial charge in [-0.1, -0.05) is 96.1 Å². The number of nitrogens with one attached hydrogen (secondary N) is 2. The number of carbonyl (C=O) groups is 5. The molecule has 0 radical (unpaired) electrons. The van der Waals surface area contributed by atoms with Crippen LogP contribution in [0.3, 0.4) is 0 Å². The second kappa shape index (κ2) is 25.0. The minimum Gasteiger partial charge on any atom is -0.465 e. The molecule has 0 aliphatic carbocycles. The highest BCUT2D eigenvalue weighted by molar-refractivity contribution is 8.13. The van der Waals surface area contributed by atoms with Gasteiger partial charge < -0.3 is 20.1 Å². The lowest BCUT2D eigenvalue weighted by molar-refractivity contribution is -0.166. The quantitative estimate of drug-likeness (QED) is 0.0459. The number of ether oxygens (including phenoxy) is 2. The Bertz CT molecular complexity index is 1120. The van der Waals surface area contributed by atoms with Crippen LogP contribution in [0.2, 0.25) is 0 Å². The van der Waals surface area contributed by atoms with Crippen molar-refractivity contribution in [3.05, 3.63) is 36.4 Å². The van der Waals surface area contributed by atoms with Crippen LogP contribution in [0, 0.1) is 5.41 Å². The number of hydrogen-bond acceptors (Lipinski definition) is 8. The van der Waals surface area contributed by atoms with Crippen LogP contribution in [0.25, 0.3) is 0 Å². The van der Waals surface area contributed by atoms with Gasteiger partial charge in [-0.2, -0.15) is 0 Å². The lowest BCUT2D eigenvalue weighted by atomic mass is 9.86. The smallest absolute Gasteiger partial charge is 0.303 e. The summed E-state index contributed by atoms with van der Waals surface area (Å²) < 4.78 is 10.2. The monoisotopic (exact) mass is 674 g/mol. The molecular formula is C37H58N2O7S. The number of anilines is 1. The van der Waals surface area contributed by atoms with E-state index in [1.165, 1.54) is 71.6 Å². The first kappa shape index (κ1) is 41.9. The van der Waals surface area contributed by atoms with Crippen molar-refractivity contribution >= 4 is 46.3 Å². The molecule has 264 valence electrons. The summed E-state index contributed by atoms with van der Waals surface area (Å²) in [6, 6.07) is 7.08. The van der Waals surface area contributed by atoms with Crippen molar-refractivity contribution in [1.82, 2.24) is 5.32 Å². The standard InChI is InChI=1S/C37H58N2O7S/c1-6-7-8-9-10-11-12-13-14-15-16-17-18-19-20-21-33(42)39-31-22-24-32(25-23-31)47-34(43)26-27-38-36(44)35(46-30(3)41)37(4,5)28-45-29(2)40/h13-14,22-25,35H,6-12,15-21,26-28H2,1-5H3,(H,38,44)(H,39,42). The number of amides is 2. The molecule has 1 aromatic carbocycles. The van der Waals surface area contributed by atoms with Crippen molar-refractivity contribution in [3.63, 3.8) is 0 Å². The molecule has 0 saturated heterocycles. The van der Waals surface area contributed by atoms with Crippen molar-refractivity contribution in [1.29, 1.82) is 0 Å². The van der Waals surface area contributed by atoms with Gasteiger partial charge in [0, 0.05) is 49.2 Å². The zero-order valence-electron chi connectivity index (χ0n) is 29.3. The van der Waals surface area contributed by atoms with E-state index >= 15 is 0 Å². The third-order valence-corrected chi connectivity index (χ3v) is 8.48. The van der Waals surface area contributed by atoms with Crippen LogP contribution >= 0.6 is 11.8 Å². The predicted octanol–water partition coefficient (Wildman–Crippen LogP) is 8.31. The fourth-order valence-electron chi connectivity index (χ4n) is 4.85. The maximum atomic E-state index is 12.8. The normalized spacial score (nSPS) is 12.0. The molecule has 0 heterocycles. The van der Waals surface area contributed by atoms with Crippen LogP contribution in [0.1, 0.15) is 131 Å². The lowest BCUT2D eigenvalue weighted by Crippen LogP contribution is -2.48. The van der Waals surface area contributed by atoms with Crippen molar-refractivity contribution in [3.8, 4) is 0 Å². The molecule has 1 atom stereocenters. The van der Waals surface area contributed by atoms with Gasteiger partial charge in [0.25, 0.3) is 5.91 Å². The van der Waals surface area contributed by atoms with Crippen LogP contribution in [0.15, 0.2) is 41.3 Å². The average Bonchev–Trinajstić information content (AvgIpc) is 3.01. The third-order valence-electron chi connectivity index (χ3n) is 7.54. The van der Waals surface area contributed by atoms with Gasteiger partial charge in [-0.25, -0.2) is 0 Å². The van der Waals surface area contributed by atoms with Gasteiger partial charge in [-0.15, -0.1) is 0 Å². The van der Waals surface area contributed by atoms with E-state index in [-0.39, 0.29) is 30.6 Å². The van der Waals surface area contributed by atoms with Gasteiger partial charge in [-0.05, 0) is 56.4 Å². The molecule has 10 heteroatoms. The van der Waals surface area contributed by atoms with Crippen LogP contribution in [-0.4, -0.2) is 48.1 Å². The van der Waals surface area contributed by atoms with Crippen LogP contribution in [-0.2, 0) is 33.4 Å². The minimum absolute atomic E-state index is 0.0158. The van der Waals surface area contributed by atoms with Crippen LogP contribution in [0.5, 0.6) is 0 Å². The van der Waals surface area contributed by atoms with Gasteiger partial charge in [-0.3, -0.25) is 24.0 Å². The first-order valence-corrected chi connectivity index (χ1v) is 18.1. The largest absolute Gasteiger partial charge is 0.465 e. The van der Waals surface area contributed by atoms with E-state index in [4.69, 9.17) is 9.47 Å². The number of benzene rings is 1. The molecule has 0 saturated carbocycles. The van der Waals surface area contributed by atoms with E-state index in [9.17, 15) is 24.0 Å². The highest BCUT2D eigenvalue weighted by Gasteiger charge is 2.39. The van der Waals surface area contributed by atoms with Crippen LogP contribution in [0.4, 0.5) is 5.69 Å². The van der Waals surface area contributed by atoms with Gasteiger partial charge >= 0.3 is 11.9 Å². The number of carbonyl (C=O) groups excluding carboxylic acids is 5. The maximum absolute atomic E-state index is 12.8. The summed E-state index contributed by atoms with van der Waals surface area (Å²) in [5, 5.41) is 5.39. The minimum atomic E-state index is -1.19. The van der Waals surface area contributed by atoms with Gasteiger partial charge in [0.15, 0.2) is 11.2 Å². The molecule has 0 fully saturated rings. The molecule has 0 spiro atoms. The Kier molecular flexibility index (Phi) is 22.2. The summed E-state index contributed by atoms with van der Waals surface area (Å²) in [6.07, 6.45) is 19.8. The SMILES string of the molecule is CCCCCCCCC=CCCCCCCCC(=O)Nc1ccc(SC(=O)CCNC(=O)C(OC(C)=O)C(C)(C)COC(C)=O)cc1. The molecule has 0 aromatic heterocycles. The Balaban J connectivity index is 2.25. The van der Waals surface area contributed by atoms with E-state index in [2.05, 4.69) is 29.7 Å². The number of hydrogen-bond donors (Lipinski definition) is 2. The molecule has 2 N–H and O–H groups in total. The molecule has 1 unspecified atom stereocenters. The predicted molar refractivity (Wildman–Crippen MR) is 189 cm³/mol. The topological polar surface area (TPSA) is 128 Å². The van der Waals surface area contributed by atoms with Crippen molar-refractivity contribution in [2.24, 2.45) is 5.41 Å². The van der Waals surface area contributed by atoms with Crippen LogP contribution < -0.4 is 10.6 Å². The number of unbranched alkanes of at least 4 members (excludes halogenated alkanes) is 11. The molecular weight excluding hydrogens is 616 g/mol. The Morgan fingerprint density at radius 3 is 1.94 bits per heavy atom. The van der Waals surface area contributed by atoms with Gasteiger partial charge in [0.1, 0.15) is 6.61 Å². The van der Waals surface area contributed by atoms with E-state index in [0.29, 0.717) is 12.1 Å². The maximum Gasteiger partial charge on any atom is 0.303 e. The summed E-state index contributed by atoms with van der Waals surface area (Å²) in [6.45, 7) is 7.93. The fourth-order valence-corrected chi connectivity index (χ4v) is 5.59. The summed E-state index contributed by atoms with van der Waals surface area (Å²) >= 11 is 1.04. The number of allylic oxidation sites excluding steroid dienone is 2. The first-order chi connectivity index (χ1) is 22.4. The Labute approximate surface area is 286 Å². The Morgan fingerprint density at radius 1 is 0.787 bits per heavy atom. The van der Waals surface area contributed by atoms with Crippen molar-refractivity contribution in [2.45, 2.75) is 142 Å². The zero-order chi connectivity index (χ0) is 34.9. The molecule has 1 rings (SSSR count). The number of thioether (sulfide) groups is 1. The molecule has 2 amide bonds.